The number of likely N-dealkylation sites (tertiary alicyclic amines) is 1. The van der Waals surface area contributed by atoms with E-state index in [1.165, 1.54) is 0 Å². The lowest BCUT2D eigenvalue weighted by Crippen LogP contribution is -2.36. The maximum Gasteiger partial charge on any atom is 0.323 e. The van der Waals surface area contributed by atoms with Crippen LogP contribution in [0.2, 0.25) is 0 Å². The standard InChI is InChI=1S/C20H22N8O2S/c1-27(17-13(6-21)7-23-18-15(17)2-3-22-18)14-4-11-8-28(9-12(11)5-14)20(30)25-19-24-16(10-29)26-31-19/h2-3,7,11-12,14,29H,4-5,8-10H2,1H3,(H,22,23)(H,24,25,26,30)/t11-,12+,14-. The van der Waals surface area contributed by atoms with Gasteiger partial charge in [-0.2, -0.15) is 9.64 Å². The number of hydrogen-bond acceptors (Lipinski definition) is 8. The van der Waals surface area contributed by atoms with Crippen LogP contribution in [-0.2, 0) is 6.61 Å². The number of hydrogen-bond donors (Lipinski definition) is 3. The molecule has 10 nitrogen and oxygen atoms in total. The van der Waals surface area contributed by atoms with Gasteiger partial charge in [0.05, 0.1) is 11.3 Å². The van der Waals surface area contributed by atoms with Gasteiger partial charge in [0.1, 0.15) is 18.3 Å². The van der Waals surface area contributed by atoms with Crippen LogP contribution < -0.4 is 10.2 Å². The topological polar surface area (TPSA) is 134 Å². The molecule has 1 aliphatic heterocycles. The van der Waals surface area contributed by atoms with Crippen LogP contribution in [0.4, 0.5) is 15.6 Å². The summed E-state index contributed by atoms with van der Waals surface area (Å²) < 4.78 is 3.97. The Morgan fingerprint density at radius 3 is 2.90 bits per heavy atom. The normalized spacial score (nSPS) is 22.5. The minimum atomic E-state index is -0.241. The summed E-state index contributed by atoms with van der Waals surface area (Å²) in [4.78, 5) is 28.2. The van der Waals surface area contributed by atoms with Crippen LogP contribution in [0.5, 0.6) is 0 Å². The predicted molar refractivity (Wildman–Crippen MR) is 116 cm³/mol. The number of nitrogens with one attached hydrogen (secondary N) is 2. The van der Waals surface area contributed by atoms with Crippen molar-refractivity contribution in [1.29, 1.82) is 5.26 Å². The highest BCUT2D eigenvalue weighted by Crippen LogP contribution is 2.42. The molecule has 31 heavy (non-hydrogen) atoms. The highest BCUT2D eigenvalue weighted by Gasteiger charge is 2.44. The smallest absolute Gasteiger partial charge is 0.323 e. The van der Waals surface area contributed by atoms with E-state index in [4.69, 9.17) is 5.11 Å². The number of aromatic nitrogens is 4. The average molecular weight is 439 g/mol. The molecule has 2 aliphatic rings. The molecule has 0 spiro atoms. The van der Waals surface area contributed by atoms with E-state index in [1.54, 1.807) is 6.20 Å². The highest BCUT2D eigenvalue weighted by atomic mass is 32.1. The second kappa shape index (κ2) is 7.79. The molecule has 11 heteroatoms. The van der Waals surface area contributed by atoms with Crippen molar-refractivity contribution < 1.29 is 9.90 Å². The number of nitriles is 1. The lowest BCUT2D eigenvalue weighted by Gasteiger charge is -2.29. The van der Waals surface area contributed by atoms with Crippen LogP contribution in [0.25, 0.3) is 11.0 Å². The van der Waals surface area contributed by atoms with Crippen molar-refractivity contribution in [2.75, 3.05) is 30.4 Å². The minimum absolute atomic E-state index is 0.171. The Morgan fingerprint density at radius 2 is 2.23 bits per heavy atom. The van der Waals surface area contributed by atoms with Gasteiger partial charge >= 0.3 is 6.03 Å². The van der Waals surface area contributed by atoms with Crippen molar-refractivity contribution in [2.24, 2.45) is 11.8 Å². The van der Waals surface area contributed by atoms with E-state index in [-0.39, 0.29) is 12.6 Å². The molecule has 0 aromatic carbocycles. The van der Waals surface area contributed by atoms with E-state index >= 15 is 0 Å². The number of nitrogens with zero attached hydrogens (tertiary/aromatic N) is 6. The van der Waals surface area contributed by atoms with E-state index < -0.39 is 0 Å². The van der Waals surface area contributed by atoms with Gasteiger partial charge in [-0.25, -0.2) is 14.8 Å². The maximum absolute atomic E-state index is 12.6. The Morgan fingerprint density at radius 1 is 1.45 bits per heavy atom. The van der Waals surface area contributed by atoms with E-state index in [0.29, 0.717) is 47.5 Å². The molecule has 0 unspecified atom stereocenters. The summed E-state index contributed by atoms with van der Waals surface area (Å²) in [6.07, 6.45) is 5.41. The fraction of sp³-hybridized carbons (Fsp3) is 0.450. The Balaban J connectivity index is 1.26. The van der Waals surface area contributed by atoms with E-state index in [9.17, 15) is 10.1 Å². The summed E-state index contributed by atoms with van der Waals surface area (Å²) in [5, 5.41) is 22.8. The summed E-state index contributed by atoms with van der Waals surface area (Å²) >= 11 is 1.07. The summed E-state index contributed by atoms with van der Waals surface area (Å²) in [7, 11) is 2.05. The second-order valence-corrected chi connectivity index (χ2v) is 8.89. The first-order valence-corrected chi connectivity index (χ1v) is 10.9. The molecule has 2 amide bonds. The van der Waals surface area contributed by atoms with Crippen molar-refractivity contribution in [1.82, 2.24) is 24.2 Å². The molecule has 3 atom stereocenters. The average Bonchev–Trinajstić information content (AvgIpc) is 3.54. The number of H-pyrrole nitrogens is 1. The highest BCUT2D eigenvalue weighted by molar-refractivity contribution is 7.09. The first-order chi connectivity index (χ1) is 15.1. The fourth-order valence-corrected chi connectivity index (χ4v) is 5.50. The van der Waals surface area contributed by atoms with Crippen LogP contribution in [0.15, 0.2) is 18.5 Å². The van der Waals surface area contributed by atoms with Crippen LogP contribution in [0, 0.1) is 23.2 Å². The van der Waals surface area contributed by atoms with Crippen LogP contribution in [0.3, 0.4) is 0 Å². The number of urea groups is 1. The monoisotopic (exact) mass is 438 g/mol. The van der Waals surface area contributed by atoms with Crippen LogP contribution in [0.1, 0.15) is 24.2 Å². The minimum Gasteiger partial charge on any atom is -0.388 e. The number of carbonyl (C=O) groups excluding carboxylic acids is 1. The number of fused-ring (bicyclic) bond motifs is 2. The summed E-state index contributed by atoms with van der Waals surface area (Å²) in [5.74, 6) is 1.17. The van der Waals surface area contributed by atoms with Gasteiger partial charge in [0, 0.05) is 55.5 Å². The molecular weight excluding hydrogens is 416 g/mol. The second-order valence-electron chi connectivity index (χ2n) is 8.14. The van der Waals surface area contributed by atoms with E-state index in [0.717, 1.165) is 41.1 Å². The lowest BCUT2D eigenvalue weighted by atomic mass is 10.0. The fourth-order valence-electron chi connectivity index (χ4n) is 4.93. The van der Waals surface area contributed by atoms with Crippen molar-refractivity contribution >= 4 is 39.4 Å². The predicted octanol–water partition coefficient (Wildman–Crippen LogP) is 2.16. The van der Waals surface area contributed by atoms with Gasteiger partial charge < -0.3 is 19.9 Å². The number of rotatable bonds is 4. The van der Waals surface area contributed by atoms with Crippen LogP contribution in [-0.4, -0.2) is 61.5 Å². The Bertz CT molecular complexity index is 1150. The van der Waals surface area contributed by atoms with Gasteiger partial charge in [0.2, 0.25) is 5.13 Å². The third kappa shape index (κ3) is 3.47. The van der Waals surface area contributed by atoms with Crippen molar-refractivity contribution in [3.8, 4) is 6.07 Å². The summed E-state index contributed by atoms with van der Waals surface area (Å²) in [6, 6.07) is 4.38. The molecule has 3 aromatic heterocycles. The SMILES string of the molecule is CN(c1c(C#N)cnc2[nH]ccc12)[C@@H]1C[C@@H]2CN(C(=O)Nc3nc(CO)ns3)C[C@@H]2C1. The van der Waals surface area contributed by atoms with Crippen molar-refractivity contribution in [3.63, 3.8) is 0 Å². The van der Waals surface area contributed by atoms with Gasteiger partial charge in [-0.05, 0) is 30.7 Å². The molecule has 1 saturated heterocycles. The number of pyridine rings is 1. The lowest BCUT2D eigenvalue weighted by molar-refractivity contribution is 0.218. The first kappa shape index (κ1) is 19.7. The Hall–Kier alpha value is -3.23. The zero-order valence-corrected chi connectivity index (χ0v) is 17.8. The molecule has 160 valence electrons. The number of aromatic amines is 1. The number of amides is 2. The summed E-state index contributed by atoms with van der Waals surface area (Å²) in [6.45, 7) is 1.16. The maximum atomic E-state index is 12.6. The van der Waals surface area contributed by atoms with Crippen LogP contribution >= 0.6 is 11.5 Å². The number of carbonyl (C=O) groups is 1. The first-order valence-electron chi connectivity index (χ1n) is 10.2. The number of aliphatic hydroxyl groups excluding tert-OH is 1. The molecule has 0 bridgehead atoms. The van der Waals surface area contributed by atoms with Crippen molar-refractivity contribution in [2.45, 2.75) is 25.5 Å². The molecule has 0 radical (unpaired) electrons. The molecular formula is C20H22N8O2S. The Labute approximate surface area is 182 Å². The van der Waals surface area contributed by atoms with Gasteiger partial charge in [0.25, 0.3) is 0 Å². The molecule has 3 aromatic rings. The molecule has 2 fully saturated rings. The molecule has 4 heterocycles. The molecule has 3 N–H and O–H groups in total. The third-order valence-electron chi connectivity index (χ3n) is 6.42. The van der Waals surface area contributed by atoms with Crippen molar-refractivity contribution in [3.05, 3.63) is 29.8 Å². The summed E-state index contributed by atoms with van der Waals surface area (Å²) in [5.41, 5.74) is 2.28. The number of anilines is 2. The largest absolute Gasteiger partial charge is 0.388 e. The van der Waals surface area contributed by atoms with Gasteiger partial charge in [-0.15, -0.1) is 0 Å². The van der Waals surface area contributed by atoms with E-state index in [1.807, 2.05) is 24.2 Å². The molecule has 1 saturated carbocycles. The third-order valence-corrected chi connectivity index (χ3v) is 7.08. The van der Waals surface area contributed by atoms with Gasteiger partial charge in [-0.3, -0.25) is 5.32 Å². The number of aliphatic hydroxyl groups is 1. The van der Waals surface area contributed by atoms with E-state index in [2.05, 4.69) is 35.6 Å². The quantitative estimate of drug-likeness (QED) is 0.568. The zero-order valence-electron chi connectivity index (χ0n) is 16.9. The zero-order chi connectivity index (χ0) is 21.5. The van der Waals surface area contributed by atoms with Gasteiger partial charge in [0.15, 0.2) is 5.82 Å². The van der Waals surface area contributed by atoms with Gasteiger partial charge in [-0.1, -0.05) is 0 Å². The Kier molecular flexibility index (Phi) is 4.95. The molecule has 5 rings (SSSR count). The molecule has 1 aliphatic carbocycles.